The number of hydrogen-bond acceptors (Lipinski definition) is 5. The number of carbonyl (C=O) groups is 3. The molecule has 0 heterocycles. The summed E-state index contributed by atoms with van der Waals surface area (Å²) < 4.78 is 5.02. The Kier molecular flexibility index (Phi) is 8.57. The van der Waals surface area contributed by atoms with Gasteiger partial charge in [0.2, 0.25) is 5.91 Å². The number of ether oxygens (including phenoxy) is 1. The standard InChI is InChI=1S/C18H26N2O6/c1-4-11(2)14(17(23)24)19-16(22)15(12(3)21)20-18(25)26-10-13-8-6-5-7-9-13/h5-9,11-12,14-15,21H,4,10H2,1-3H3,(H,19,22)(H,20,25)(H,23,24)/t11-,12+,14+,15-/m0/s1. The number of alkyl carbamates (subject to hydrolysis) is 1. The molecule has 1 rings (SSSR count). The highest BCUT2D eigenvalue weighted by Gasteiger charge is 2.32. The molecule has 0 fully saturated rings. The van der Waals surface area contributed by atoms with Crippen molar-refractivity contribution in [1.82, 2.24) is 10.6 Å². The molecule has 4 N–H and O–H groups in total. The number of carbonyl (C=O) groups excluding carboxylic acids is 2. The van der Waals surface area contributed by atoms with Crippen LogP contribution in [-0.2, 0) is 20.9 Å². The highest BCUT2D eigenvalue weighted by molar-refractivity contribution is 5.89. The number of amides is 2. The number of aliphatic hydroxyl groups excluding tert-OH is 1. The van der Waals surface area contributed by atoms with Crippen LogP contribution < -0.4 is 10.6 Å². The third-order valence-electron chi connectivity index (χ3n) is 4.03. The highest BCUT2D eigenvalue weighted by Crippen LogP contribution is 2.09. The molecule has 1 aromatic rings. The lowest BCUT2D eigenvalue weighted by Crippen LogP contribution is -2.57. The molecular weight excluding hydrogens is 340 g/mol. The number of aliphatic hydroxyl groups is 1. The summed E-state index contributed by atoms with van der Waals surface area (Å²) in [6.45, 7) is 4.82. The molecule has 8 heteroatoms. The van der Waals surface area contributed by atoms with Gasteiger partial charge in [-0.15, -0.1) is 0 Å². The van der Waals surface area contributed by atoms with Crippen LogP contribution in [0.5, 0.6) is 0 Å². The first-order chi connectivity index (χ1) is 12.3. The molecule has 1 aromatic carbocycles. The lowest BCUT2D eigenvalue weighted by molar-refractivity contribution is -0.144. The fourth-order valence-electron chi connectivity index (χ4n) is 2.22. The van der Waals surface area contributed by atoms with Crippen molar-refractivity contribution in [1.29, 1.82) is 0 Å². The average molecular weight is 366 g/mol. The highest BCUT2D eigenvalue weighted by atomic mass is 16.5. The molecule has 0 aromatic heterocycles. The van der Waals surface area contributed by atoms with Crippen molar-refractivity contribution in [3.63, 3.8) is 0 Å². The zero-order valence-corrected chi connectivity index (χ0v) is 15.1. The van der Waals surface area contributed by atoms with E-state index in [4.69, 9.17) is 4.74 Å². The van der Waals surface area contributed by atoms with E-state index in [1.807, 2.05) is 6.07 Å². The number of aliphatic carboxylic acids is 1. The summed E-state index contributed by atoms with van der Waals surface area (Å²) in [5, 5.41) is 23.7. The van der Waals surface area contributed by atoms with E-state index in [9.17, 15) is 24.6 Å². The number of carboxylic acids is 1. The maximum Gasteiger partial charge on any atom is 0.408 e. The predicted octanol–water partition coefficient (Wildman–Crippen LogP) is 1.28. The van der Waals surface area contributed by atoms with Gasteiger partial charge in [-0.1, -0.05) is 50.6 Å². The van der Waals surface area contributed by atoms with Gasteiger partial charge in [0.25, 0.3) is 0 Å². The Morgan fingerprint density at radius 3 is 2.19 bits per heavy atom. The maximum atomic E-state index is 12.3. The lowest BCUT2D eigenvalue weighted by atomic mass is 9.98. The SMILES string of the molecule is CC[C@H](C)[C@@H](NC(=O)[C@@H](NC(=O)OCc1ccccc1)[C@@H](C)O)C(=O)O. The normalized spacial score (nSPS) is 15.2. The van der Waals surface area contributed by atoms with Crippen molar-refractivity contribution in [3.05, 3.63) is 35.9 Å². The van der Waals surface area contributed by atoms with E-state index in [1.165, 1.54) is 6.92 Å². The lowest BCUT2D eigenvalue weighted by Gasteiger charge is -2.25. The summed E-state index contributed by atoms with van der Waals surface area (Å²) in [4.78, 5) is 35.5. The molecule has 0 aliphatic heterocycles. The molecule has 0 unspecified atom stereocenters. The fraction of sp³-hybridized carbons (Fsp3) is 0.500. The van der Waals surface area contributed by atoms with Crippen LogP contribution in [0.15, 0.2) is 30.3 Å². The van der Waals surface area contributed by atoms with Crippen LogP contribution >= 0.6 is 0 Å². The maximum absolute atomic E-state index is 12.3. The van der Waals surface area contributed by atoms with E-state index in [1.54, 1.807) is 38.1 Å². The summed E-state index contributed by atoms with van der Waals surface area (Å²) in [7, 11) is 0. The van der Waals surface area contributed by atoms with E-state index in [-0.39, 0.29) is 12.5 Å². The van der Waals surface area contributed by atoms with Gasteiger partial charge in [-0.2, -0.15) is 0 Å². The van der Waals surface area contributed by atoms with Crippen molar-refractivity contribution in [2.45, 2.75) is 52.0 Å². The Morgan fingerprint density at radius 2 is 1.69 bits per heavy atom. The Bertz CT molecular complexity index is 605. The molecule has 0 saturated heterocycles. The van der Waals surface area contributed by atoms with Crippen molar-refractivity contribution < 1.29 is 29.3 Å². The van der Waals surface area contributed by atoms with Gasteiger partial charge in [-0.05, 0) is 18.4 Å². The van der Waals surface area contributed by atoms with Crippen molar-refractivity contribution in [3.8, 4) is 0 Å². The molecule has 2 amide bonds. The van der Waals surface area contributed by atoms with Crippen molar-refractivity contribution in [2.24, 2.45) is 5.92 Å². The molecular formula is C18H26N2O6. The zero-order chi connectivity index (χ0) is 19.7. The predicted molar refractivity (Wildman–Crippen MR) is 94.3 cm³/mol. The second-order valence-corrected chi connectivity index (χ2v) is 6.13. The van der Waals surface area contributed by atoms with Crippen LogP contribution in [-0.4, -0.2) is 46.4 Å². The Balaban J connectivity index is 2.67. The van der Waals surface area contributed by atoms with Crippen LogP contribution in [0.3, 0.4) is 0 Å². The molecule has 0 spiro atoms. The molecule has 0 radical (unpaired) electrons. The van der Waals surface area contributed by atoms with Crippen LogP contribution in [0.1, 0.15) is 32.8 Å². The first-order valence-electron chi connectivity index (χ1n) is 8.44. The second kappa shape index (κ2) is 10.4. The monoisotopic (exact) mass is 366 g/mol. The second-order valence-electron chi connectivity index (χ2n) is 6.13. The number of hydrogen-bond donors (Lipinski definition) is 4. The van der Waals surface area contributed by atoms with Gasteiger partial charge in [-0.25, -0.2) is 9.59 Å². The van der Waals surface area contributed by atoms with Gasteiger partial charge in [0.1, 0.15) is 18.7 Å². The van der Waals surface area contributed by atoms with E-state index >= 15 is 0 Å². The molecule has 0 aliphatic carbocycles. The average Bonchev–Trinajstić information content (AvgIpc) is 2.61. The number of rotatable bonds is 9. The van der Waals surface area contributed by atoms with Gasteiger partial charge >= 0.3 is 12.1 Å². The van der Waals surface area contributed by atoms with Crippen molar-refractivity contribution >= 4 is 18.0 Å². The van der Waals surface area contributed by atoms with E-state index in [0.717, 1.165) is 5.56 Å². The van der Waals surface area contributed by atoms with Gasteiger partial charge in [0, 0.05) is 0 Å². The van der Waals surface area contributed by atoms with Crippen LogP contribution in [0.2, 0.25) is 0 Å². The summed E-state index contributed by atoms with van der Waals surface area (Å²) >= 11 is 0. The van der Waals surface area contributed by atoms with Crippen LogP contribution in [0.25, 0.3) is 0 Å². The third kappa shape index (κ3) is 6.72. The van der Waals surface area contributed by atoms with E-state index < -0.39 is 36.2 Å². The number of nitrogens with one attached hydrogen (secondary N) is 2. The quantitative estimate of drug-likeness (QED) is 0.522. The van der Waals surface area contributed by atoms with Crippen LogP contribution in [0, 0.1) is 5.92 Å². The zero-order valence-electron chi connectivity index (χ0n) is 15.1. The van der Waals surface area contributed by atoms with E-state index in [2.05, 4.69) is 10.6 Å². The molecule has 0 saturated carbocycles. The van der Waals surface area contributed by atoms with E-state index in [0.29, 0.717) is 6.42 Å². The minimum absolute atomic E-state index is 0.00540. The number of carboxylic acid groups (broad SMARTS) is 1. The smallest absolute Gasteiger partial charge is 0.408 e. The first-order valence-corrected chi connectivity index (χ1v) is 8.44. The van der Waals surface area contributed by atoms with Crippen LogP contribution in [0.4, 0.5) is 4.79 Å². The Morgan fingerprint density at radius 1 is 1.08 bits per heavy atom. The molecule has 26 heavy (non-hydrogen) atoms. The fourth-order valence-corrected chi connectivity index (χ4v) is 2.22. The largest absolute Gasteiger partial charge is 0.480 e. The minimum atomic E-state index is -1.33. The van der Waals surface area contributed by atoms with Gasteiger partial charge in [0.15, 0.2) is 0 Å². The summed E-state index contributed by atoms with van der Waals surface area (Å²) in [5.41, 5.74) is 0.767. The summed E-state index contributed by atoms with van der Waals surface area (Å²) in [6, 6.07) is 6.52. The molecule has 0 bridgehead atoms. The van der Waals surface area contributed by atoms with Gasteiger partial charge < -0.3 is 25.6 Å². The van der Waals surface area contributed by atoms with Gasteiger partial charge in [-0.3, -0.25) is 4.79 Å². The molecule has 4 atom stereocenters. The summed E-state index contributed by atoms with van der Waals surface area (Å²) in [6.07, 6.45) is -1.57. The summed E-state index contributed by atoms with van der Waals surface area (Å²) in [5.74, 6) is -2.27. The minimum Gasteiger partial charge on any atom is -0.480 e. The molecule has 8 nitrogen and oxygen atoms in total. The number of benzene rings is 1. The van der Waals surface area contributed by atoms with Crippen molar-refractivity contribution in [2.75, 3.05) is 0 Å². The Hall–Kier alpha value is -2.61. The topological polar surface area (TPSA) is 125 Å². The molecule has 0 aliphatic rings. The third-order valence-corrected chi connectivity index (χ3v) is 4.03. The molecule has 144 valence electrons. The Labute approximate surface area is 152 Å². The first kappa shape index (κ1) is 21.4. The van der Waals surface area contributed by atoms with Gasteiger partial charge in [0.05, 0.1) is 6.10 Å².